The molecule has 0 saturated carbocycles. The molecule has 0 spiro atoms. The van der Waals surface area contributed by atoms with Crippen LogP contribution in [-0.2, 0) is 4.74 Å². The first-order valence-corrected chi connectivity index (χ1v) is 6.61. The zero-order valence-corrected chi connectivity index (χ0v) is 11.8. The SMILES string of the molecule is CC[C@@]1(C)C=CC(Cl)=C1O[C@H](CO)[C@@H](O)[C@H](O)CO. The van der Waals surface area contributed by atoms with E-state index in [0.717, 1.165) is 6.42 Å². The summed E-state index contributed by atoms with van der Waals surface area (Å²) in [5.74, 6) is 0.458. The van der Waals surface area contributed by atoms with Crippen LogP contribution in [0.4, 0.5) is 0 Å². The molecule has 4 atom stereocenters. The van der Waals surface area contributed by atoms with Crippen molar-refractivity contribution in [1.29, 1.82) is 0 Å². The van der Waals surface area contributed by atoms with Gasteiger partial charge in [0.15, 0.2) is 0 Å². The molecule has 1 aliphatic carbocycles. The Labute approximate surface area is 117 Å². The second kappa shape index (κ2) is 6.72. The van der Waals surface area contributed by atoms with Gasteiger partial charge in [-0.2, -0.15) is 0 Å². The Kier molecular flexibility index (Phi) is 5.82. The number of ether oxygens (including phenoxy) is 1. The summed E-state index contributed by atoms with van der Waals surface area (Å²) < 4.78 is 5.58. The number of rotatable bonds is 7. The molecule has 0 aromatic heterocycles. The molecule has 0 heterocycles. The fourth-order valence-corrected chi connectivity index (χ4v) is 2.20. The molecule has 5 nitrogen and oxygen atoms in total. The molecular weight excluding hydrogens is 272 g/mol. The normalized spacial score (nSPS) is 27.5. The first-order chi connectivity index (χ1) is 8.89. The second-order valence-electron chi connectivity index (χ2n) is 4.86. The average molecular weight is 293 g/mol. The van der Waals surface area contributed by atoms with Crippen molar-refractivity contribution >= 4 is 11.6 Å². The van der Waals surface area contributed by atoms with Crippen molar-refractivity contribution in [2.45, 2.75) is 38.6 Å². The molecule has 1 aliphatic rings. The quantitative estimate of drug-likeness (QED) is 0.549. The van der Waals surface area contributed by atoms with Crippen LogP contribution in [0.1, 0.15) is 20.3 Å². The molecule has 6 heteroatoms. The van der Waals surface area contributed by atoms with E-state index in [0.29, 0.717) is 10.8 Å². The molecule has 0 aliphatic heterocycles. The van der Waals surface area contributed by atoms with Gasteiger partial charge >= 0.3 is 0 Å². The fourth-order valence-electron chi connectivity index (χ4n) is 1.87. The minimum absolute atomic E-state index is 0.394. The van der Waals surface area contributed by atoms with Crippen LogP contribution in [0.2, 0.25) is 0 Å². The van der Waals surface area contributed by atoms with Gasteiger partial charge in [-0.1, -0.05) is 24.6 Å². The molecular formula is C13H21ClO5. The van der Waals surface area contributed by atoms with Gasteiger partial charge in [0.05, 0.1) is 18.2 Å². The van der Waals surface area contributed by atoms with Gasteiger partial charge in [-0.25, -0.2) is 0 Å². The van der Waals surface area contributed by atoms with Crippen LogP contribution in [0.25, 0.3) is 0 Å². The Morgan fingerprint density at radius 1 is 1.32 bits per heavy atom. The average Bonchev–Trinajstić information content (AvgIpc) is 2.71. The minimum Gasteiger partial charge on any atom is -0.487 e. The van der Waals surface area contributed by atoms with E-state index in [2.05, 4.69) is 0 Å². The van der Waals surface area contributed by atoms with Crippen molar-refractivity contribution in [2.24, 2.45) is 5.41 Å². The monoisotopic (exact) mass is 292 g/mol. The summed E-state index contributed by atoms with van der Waals surface area (Å²) >= 11 is 6.05. The Morgan fingerprint density at radius 3 is 2.42 bits per heavy atom. The molecule has 0 bridgehead atoms. The molecule has 19 heavy (non-hydrogen) atoms. The molecule has 0 fully saturated rings. The van der Waals surface area contributed by atoms with Gasteiger partial charge in [0.25, 0.3) is 0 Å². The van der Waals surface area contributed by atoms with Crippen LogP contribution in [0.3, 0.4) is 0 Å². The van der Waals surface area contributed by atoms with Gasteiger partial charge < -0.3 is 25.2 Å². The van der Waals surface area contributed by atoms with Crippen LogP contribution < -0.4 is 0 Å². The minimum atomic E-state index is -1.39. The largest absolute Gasteiger partial charge is 0.487 e. The van der Waals surface area contributed by atoms with Crippen LogP contribution in [0.15, 0.2) is 22.9 Å². The molecule has 0 aromatic carbocycles. The lowest BCUT2D eigenvalue weighted by Crippen LogP contribution is -2.43. The number of allylic oxidation sites excluding steroid dienone is 3. The Morgan fingerprint density at radius 2 is 1.95 bits per heavy atom. The van der Waals surface area contributed by atoms with Crippen molar-refractivity contribution in [3.63, 3.8) is 0 Å². The maximum absolute atomic E-state index is 9.79. The smallest absolute Gasteiger partial charge is 0.150 e. The molecule has 0 radical (unpaired) electrons. The lowest BCUT2D eigenvalue weighted by Gasteiger charge is -2.31. The first kappa shape index (κ1) is 16.5. The third-order valence-corrected chi connectivity index (χ3v) is 3.78. The first-order valence-electron chi connectivity index (χ1n) is 6.23. The van der Waals surface area contributed by atoms with Crippen molar-refractivity contribution in [2.75, 3.05) is 13.2 Å². The Bertz CT molecular complexity index is 368. The van der Waals surface area contributed by atoms with Crippen molar-refractivity contribution < 1.29 is 25.2 Å². The summed E-state index contributed by atoms with van der Waals surface area (Å²) in [6.45, 7) is 2.79. The molecule has 110 valence electrons. The second-order valence-corrected chi connectivity index (χ2v) is 5.27. The van der Waals surface area contributed by atoms with Crippen LogP contribution in [-0.4, -0.2) is 52.0 Å². The predicted molar refractivity (Wildman–Crippen MR) is 71.5 cm³/mol. The zero-order valence-electron chi connectivity index (χ0n) is 11.1. The summed E-state index contributed by atoms with van der Waals surface area (Å²) in [6.07, 6.45) is 0.535. The molecule has 0 amide bonds. The number of hydrogen-bond acceptors (Lipinski definition) is 5. The summed E-state index contributed by atoms with van der Waals surface area (Å²) in [7, 11) is 0. The van der Waals surface area contributed by atoms with E-state index in [1.165, 1.54) is 0 Å². The molecule has 0 aromatic rings. The zero-order chi connectivity index (χ0) is 14.6. The van der Waals surface area contributed by atoms with E-state index in [-0.39, 0.29) is 0 Å². The summed E-state index contributed by atoms with van der Waals surface area (Å²) in [4.78, 5) is 0. The van der Waals surface area contributed by atoms with Crippen molar-refractivity contribution in [1.82, 2.24) is 0 Å². The highest BCUT2D eigenvalue weighted by molar-refractivity contribution is 6.31. The van der Waals surface area contributed by atoms with Gasteiger partial charge in [-0.05, 0) is 19.4 Å². The van der Waals surface area contributed by atoms with Gasteiger partial charge in [0, 0.05) is 5.41 Å². The number of halogens is 1. The van der Waals surface area contributed by atoms with Gasteiger partial charge in [0.2, 0.25) is 0 Å². The van der Waals surface area contributed by atoms with Crippen molar-refractivity contribution in [3.05, 3.63) is 22.9 Å². The van der Waals surface area contributed by atoms with Gasteiger partial charge in [-0.3, -0.25) is 0 Å². The van der Waals surface area contributed by atoms with Crippen LogP contribution in [0.5, 0.6) is 0 Å². The summed E-state index contributed by atoms with van der Waals surface area (Å²) in [6, 6.07) is 0. The van der Waals surface area contributed by atoms with E-state index in [1.807, 2.05) is 19.9 Å². The number of aliphatic hydroxyl groups excluding tert-OH is 4. The van der Waals surface area contributed by atoms with E-state index in [1.54, 1.807) is 6.08 Å². The van der Waals surface area contributed by atoms with Gasteiger partial charge in [0.1, 0.15) is 24.1 Å². The maximum atomic E-state index is 9.79. The van der Waals surface area contributed by atoms with Crippen LogP contribution >= 0.6 is 11.6 Å². The fraction of sp³-hybridized carbons (Fsp3) is 0.692. The van der Waals surface area contributed by atoms with E-state index in [4.69, 9.17) is 21.4 Å². The Hall–Kier alpha value is -0.590. The topological polar surface area (TPSA) is 90.2 Å². The molecule has 0 saturated heterocycles. The lowest BCUT2D eigenvalue weighted by molar-refractivity contribution is -0.106. The van der Waals surface area contributed by atoms with Crippen LogP contribution in [0, 0.1) is 5.41 Å². The molecule has 0 unspecified atom stereocenters. The molecule has 4 N–H and O–H groups in total. The van der Waals surface area contributed by atoms with E-state index in [9.17, 15) is 15.3 Å². The summed E-state index contributed by atoms with van der Waals surface area (Å²) in [5.41, 5.74) is -0.394. The highest BCUT2D eigenvalue weighted by Crippen LogP contribution is 2.42. The van der Waals surface area contributed by atoms with E-state index >= 15 is 0 Å². The Balaban J connectivity index is 2.85. The predicted octanol–water partition coefficient (Wildman–Crippen LogP) is 0.514. The third-order valence-electron chi connectivity index (χ3n) is 3.48. The highest BCUT2D eigenvalue weighted by atomic mass is 35.5. The number of aliphatic hydroxyl groups is 4. The number of hydrogen-bond donors (Lipinski definition) is 4. The summed E-state index contributed by atoms with van der Waals surface area (Å²) in [5, 5.41) is 37.7. The van der Waals surface area contributed by atoms with Gasteiger partial charge in [-0.15, -0.1) is 0 Å². The standard InChI is InChI=1S/C13H21ClO5/c1-3-13(2)5-4-8(14)12(13)19-10(7-16)11(18)9(17)6-15/h4-5,9-11,15-18H,3,6-7H2,1-2H3/t9-,10-,11+,13+/m1/s1. The third kappa shape index (κ3) is 3.49. The van der Waals surface area contributed by atoms with Crippen molar-refractivity contribution in [3.8, 4) is 0 Å². The molecule has 1 rings (SSSR count). The lowest BCUT2D eigenvalue weighted by atomic mass is 9.88. The maximum Gasteiger partial charge on any atom is 0.150 e. The highest BCUT2D eigenvalue weighted by Gasteiger charge is 2.36. The van der Waals surface area contributed by atoms with E-state index < -0.39 is 36.9 Å².